The van der Waals surface area contributed by atoms with Crippen LogP contribution < -0.4 is 11.2 Å². The van der Waals surface area contributed by atoms with E-state index in [1.807, 2.05) is 0 Å². The number of hydrogen-bond donors (Lipinski definition) is 1. The van der Waals surface area contributed by atoms with Gasteiger partial charge in [-0.25, -0.2) is 9.59 Å². The van der Waals surface area contributed by atoms with E-state index in [0.717, 1.165) is 25.5 Å². The third-order valence-corrected chi connectivity index (χ3v) is 5.83. The topological polar surface area (TPSA) is 106 Å². The number of aromatic nitrogens is 2. The summed E-state index contributed by atoms with van der Waals surface area (Å²) in [6, 6.07) is 0. The van der Waals surface area contributed by atoms with E-state index in [1.54, 1.807) is 27.7 Å². The van der Waals surface area contributed by atoms with Gasteiger partial charge in [-0.3, -0.25) is 13.9 Å². The number of carboxylic acid groups (broad SMARTS) is 1. The first-order chi connectivity index (χ1) is 14.7. The summed E-state index contributed by atoms with van der Waals surface area (Å²) in [6.45, 7) is 5.73. The molecule has 1 amide bonds. The molecule has 2 rings (SSSR count). The van der Waals surface area contributed by atoms with Gasteiger partial charge in [0.15, 0.2) is 0 Å². The van der Waals surface area contributed by atoms with Crippen molar-refractivity contribution in [2.24, 2.45) is 5.10 Å². The number of amides is 1. The number of methoxy groups -OCH3 is 1. The quantitative estimate of drug-likeness (QED) is 0.486. The molecular formula is C19H25F3N4O5S. The number of rotatable bonds is 7. The predicted octanol–water partition coefficient (Wildman–Crippen LogP) is 3.24. The van der Waals surface area contributed by atoms with E-state index >= 15 is 0 Å². The van der Waals surface area contributed by atoms with Crippen LogP contribution in [0.25, 0.3) is 10.2 Å². The molecule has 9 nitrogen and oxygen atoms in total. The number of hydrogen-bond acceptors (Lipinski definition) is 6. The lowest BCUT2D eigenvalue weighted by Crippen LogP contribution is -2.41. The molecule has 0 aliphatic rings. The molecule has 32 heavy (non-hydrogen) atoms. The van der Waals surface area contributed by atoms with Crippen molar-refractivity contribution in [3.63, 3.8) is 0 Å². The van der Waals surface area contributed by atoms with Crippen LogP contribution in [0, 0.1) is 6.92 Å². The van der Waals surface area contributed by atoms with Crippen LogP contribution in [0.4, 0.5) is 18.0 Å². The number of ether oxygens (including phenoxy) is 1. The highest BCUT2D eigenvalue weighted by molar-refractivity contribution is 7.20. The van der Waals surface area contributed by atoms with Crippen molar-refractivity contribution in [3.05, 3.63) is 31.3 Å². The van der Waals surface area contributed by atoms with Crippen molar-refractivity contribution in [3.8, 4) is 0 Å². The molecule has 0 saturated heterocycles. The van der Waals surface area contributed by atoms with Gasteiger partial charge in [0, 0.05) is 13.7 Å². The summed E-state index contributed by atoms with van der Waals surface area (Å²) in [4.78, 5) is 37.7. The van der Waals surface area contributed by atoms with Crippen LogP contribution in [-0.2, 0) is 17.8 Å². The van der Waals surface area contributed by atoms with Crippen molar-refractivity contribution >= 4 is 33.9 Å². The van der Waals surface area contributed by atoms with E-state index in [0.29, 0.717) is 10.4 Å². The minimum atomic E-state index is -4.50. The molecule has 0 aliphatic carbocycles. The molecule has 0 spiro atoms. The molecule has 178 valence electrons. The SMILES string of the molecule is COCCn1c(=O)c2c(C)c(C=NN(C(=O)O)C(C)(C)C)sc2n(CCC(F)(F)F)c1=O. The summed E-state index contributed by atoms with van der Waals surface area (Å²) < 4.78 is 45.2. The molecule has 2 aromatic heterocycles. The second-order valence-corrected chi connectivity index (χ2v) is 9.06. The fraction of sp³-hybridized carbons (Fsp3) is 0.579. The Morgan fingerprint density at radius 2 is 1.84 bits per heavy atom. The Bertz CT molecular complexity index is 1140. The number of aryl methyl sites for hydroxylation is 2. The number of fused-ring (bicyclic) bond motifs is 1. The maximum Gasteiger partial charge on any atom is 0.428 e. The molecule has 13 heteroatoms. The van der Waals surface area contributed by atoms with Crippen molar-refractivity contribution in [1.29, 1.82) is 0 Å². The lowest BCUT2D eigenvalue weighted by Gasteiger charge is -2.27. The van der Waals surface area contributed by atoms with Crippen LogP contribution in [0.15, 0.2) is 14.7 Å². The van der Waals surface area contributed by atoms with Crippen LogP contribution in [-0.4, -0.2) is 57.0 Å². The monoisotopic (exact) mass is 478 g/mol. The molecule has 0 fully saturated rings. The van der Waals surface area contributed by atoms with Crippen molar-refractivity contribution in [2.45, 2.75) is 58.9 Å². The smallest absolute Gasteiger partial charge is 0.428 e. The fourth-order valence-electron chi connectivity index (χ4n) is 2.97. The van der Waals surface area contributed by atoms with E-state index in [2.05, 4.69) is 5.10 Å². The van der Waals surface area contributed by atoms with Gasteiger partial charge in [0.2, 0.25) is 0 Å². The van der Waals surface area contributed by atoms with Gasteiger partial charge in [-0.05, 0) is 33.3 Å². The Morgan fingerprint density at radius 1 is 1.22 bits per heavy atom. The van der Waals surface area contributed by atoms with Crippen LogP contribution in [0.3, 0.4) is 0 Å². The van der Waals surface area contributed by atoms with Gasteiger partial charge in [-0.1, -0.05) is 0 Å². The van der Waals surface area contributed by atoms with Crippen molar-refractivity contribution in [2.75, 3.05) is 13.7 Å². The summed E-state index contributed by atoms with van der Waals surface area (Å²) in [5.41, 5.74) is -1.97. The summed E-state index contributed by atoms with van der Waals surface area (Å²) in [5.74, 6) is 0. The Labute approximate surface area is 185 Å². The van der Waals surface area contributed by atoms with Crippen LogP contribution in [0.1, 0.15) is 37.6 Å². The van der Waals surface area contributed by atoms with Crippen LogP contribution in [0.2, 0.25) is 0 Å². The Morgan fingerprint density at radius 3 is 2.34 bits per heavy atom. The average molecular weight is 478 g/mol. The lowest BCUT2D eigenvalue weighted by atomic mass is 10.1. The standard InChI is InChI=1S/C19H25F3N4O5S/c1-11-12(10-23-26(17(29)30)18(2,3)4)32-15-13(11)14(27)24(8-9-31-5)16(28)25(15)7-6-19(20,21)22/h10H,6-9H2,1-5H3,(H,29,30). The van der Waals surface area contributed by atoms with Crippen LogP contribution >= 0.6 is 11.3 Å². The van der Waals surface area contributed by atoms with E-state index in [-0.39, 0.29) is 23.4 Å². The Kier molecular flexibility index (Phi) is 7.55. The molecule has 2 heterocycles. The third kappa shape index (κ3) is 5.57. The normalized spacial score (nSPS) is 12.8. The van der Waals surface area contributed by atoms with Crippen molar-refractivity contribution < 1.29 is 27.8 Å². The van der Waals surface area contributed by atoms with Gasteiger partial charge in [0.25, 0.3) is 5.56 Å². The molecule has 0 bridgehead atoms. The number of halogens is 3. The number of carbonyl (C=O) groups is 1. The first-order valence-electron chi connectivity index (χ1n) is 9.58. The van der Waals surface area contributed by atoms with E-state index in [1.165, 1.54) is 13.3 Å². The van der Waals surface area contributed by atoms with Crippen molar-refractivity contribution in [1.82, 2.24) is 14.1 Å². The second kappa shape index (κ2) is 9.45. The molecule has 1 N–H and O–H groups in total. The summed E-state index contributed by atoms with van der Waals surface area (Å²) in [7, 11) is 1.37. The zero-order valence-corrected chi connectivity index (χ0v) is 19.1. The molecule has 0 unspecified atom stereocenters. The first-order valence-corrected chi connectivity index (χ1v) is 10.4. The van der Waals surface area contributed by atoms with Gasteiger partial charge >= 0.3 is 18.0 Å². The number of alkyl halides is 3. The van der Waals surface area contributed by atoms with Crippen LogP contribution in [0.5, 0.6) is 0 Å². The second-order valence-electron chi connectivity index (χ2n) is 8.03. The van der Waals surface area contributed by atoms with Gasteiger partial charge < -0.3 is 9.84 Å². The number of thiophene rings is 1. The minimum Gasteiger partial charge on any atom is -0.464 e. The zero-order chi connectivity index (χ0) is 24.4. The number of nitrogens with zero attached hydrogens (tertiary/aromatic N) is 4. The molecule has 0 aliphatic heterocycles. The highest BCUT2D eigenvalue weighted by Gasteiger charge is 2.29. The molecule has 2 aromatic rings. The highest BCUT2D eigenvalue weighted by atomic mass is 32.1. The molecule has 0 aromatic carbocycles. The number of hydrazone groups is 1. The van der Waals surface area contributed by atoms with E-state index in [4.69, 9.17) is 4.74 Å². The summed E-state index contributed by atoms with van der Waals surface area (Å²) >= 11 is 0.908. The lowest BCUT2D eigenvalue weighted by molar-refractivity contribution is -0.136. The molecule has 0 saturated carbocycles. The summed E-state index contributed by atoms with van der Waals surface area (Å²) in [6.07, 6.45) is -5.81. The third-order valence-electron chi connectivity index (χ3n) is 4.58. The maximum absolute atomic E-state index is 13.0. The molecular weight excluding hydrogens is 453 g/mol. The van der Waals surface area contributed by atoms with E-state index < -0.39 is 42.0 Å². The molecule has 0 radical (unpaired) electrons. The summed E-state index contributed by atoms with van der Waals surface area (Å²) in [5, 5.41) is 14.3. The predicted molar refractivity (Wildman–Crippen MR) is 115 cm³/mol. The minimum absolute atomic E-state index is 0.0244. The molecule has 0 atom stereocenters. The fourth-order valence-corrected chi connectivity index (χ4v) is 4.16. The van der Waals surface area contributed by atoms with E-state index in [9.17, 15) is 32.7 Å². The average Bonchev–Trinajstić information content (AvgIpc) is 2.96. The van der Waals surface area contributed by atoms with Gasteiger partial charge in [-0.15, -0.1) is 11.3 Å². The Balaban J connectivity index is 2.72. The zero-order valence-electron chi connectivity index (χ0n) is 18.3. The largest absolute Gasteiger partial charge is 0.464 e. The van der Waals surface area contributed by atoms with Gasteiger partial charge in [0.1, 0.15) is 4.83 Å². The Hall–Kier alpha value is -2.67. The van der Waals surface area contributed by atoms with Gasteiger partial charge in [0.05, 0.1) is 41.6 Å². The highest BCUT2D eigenvalue weighted by Crippen LogP contribution is 2.28. The maximum atomic E-state index is 13.0. The first kappa shape index (κ1) is 25.6. The van der Waals surface area contributed by atoms with Gasteiger partial charge in [-0.2, -0.15) is 23.3 Å².